The highest BCUT2D eigenvalue weighted by Crippen LogP contribution is 2.34. The number of piperidine rings is 1. The highest BCUT2D eigenvalue weighted by molar-refractivity contribution is 7.98. The molecule has 0 spiro atoms. The number of anilines is 1. The number of carbonyl (C=O) groups is 9. The minimum atomic E-state index is -4.68. The first-order valence-electron chi connectivity index (χ1n) is 37.0. The summed E-state index contributed by atoms with van der Waals surface area (Å²) < 4.78 is 91.8. The molecule has 6 aromatic rings. The van der Waals surface area contributed by atoms with Crippen LogP contribution in [0.25, 0.3) is 0 Å². The lowest BCUT2D eigenvalue weighted by molar-refractivity contribution is -0.138. The topological polar surface area (TPSA) is 241 Å². The maximum Gasteiger partial charge on any atom is 0.416 e. The average Bonchev–Trinajstić information content (AvgIpc) is 0.862. The molecule has 0 aromatic heterocycles. The van der Waals surface area contributed by atoms with Crippen molar-refractivity contribution in [1.29, 1.82) is 0 Å². The first kappa shape index (κ1) is 86.0. The fraction of sp³-hybridized carbons (Fsp3) is 0.458. The molecule has 6 aromatic carbocycles. The second-order valence-electron chi connectivity index (χ2n) is 28.9. The van der Waals surface area contributed by atoms with Crippen LogP contribution in [0.15, 0.2) is 132 Å². The number of amides is 7. The molecule has 6 atom stereocenters. The molecule has 2 saturated carbocycles. The van der Waals surface area contributed by atoms with Crippen molar-refractivity contribution in [2.45, 2.75) is 193 Å². The molecule has 3 aliphatic rings. The van der Waals surface area contributed by atoms with Crippen LogP contribution in [0.3, 0.4) is 0 Å². The van der Waals surface area contributed by atoms with Gasteiger partial charge in [-0.25, -0.2) is 9.18 Å². The molecule has 1 saturated heterocycles. The molecule has 108 heavy (non-hydrogen) atoms. The van der Waals surface area contributed by atoms with Gasteiger partial charge in [0.05, 0.1) is 24.2 Å². The molecule has 1 heterocycles. The third-order valence-electron chi connectivity index (χ3n) is 19.6. The SMILES string of the molecule is CC(=O)c1cc(NC(=O)N[C@@H](C)CCN2CCC[C@@H](Cc3ccc(F)cc3)C2)cc(C(C)=O)c1.CSc1ccc(C(=O)N[C@@H]2CCCC[C@@H]2NC(=O)CNC(=O)c2cc(C(F)(F)F)ccc2CC(=O)CC(C)C)cc1.Cc1ccc(CC[C@@H]2CCCC[C@@H]2NC(=O)CNC(=O)c2cccc(C(F)(F)F)c2)c(C)c1.[HH].[HH].[HH].[HH].[HH].[HH].[HH]. The Labute approximate surface area is 643 Å². The maximum absolute atomic E-state index is 13.3. The van der Waals surface area contributed by atoms with E-state index < -0.39 is 47.7 Å². The van der Waals surface area contributed by atoms with E-state index in [-0.39, 0.29) is 117 Å². The highest BCUT2D eigenvalue weighted by atomic mass is 32.2. The third-order valence-corrected chi connectivity index (χ3v) is 20.3. The number of ketones is 3. The molecule has 7 N–H and O–H groups in total. The quantitative estimate of drug-likeness (QED) is 0.0145. The number of hydrogen-bond acceptors (Lipinski definition) is 11. The number of alkyl halides is 6. The predicted molar refractivity (Wildman–Crippen MR) is 420 cm³/mol. The number of rotatable bonds is 27. The van der Waals surface area contributed by atoms with Gasteiger partial charge in [-0.2, -0.15) is 26.3 Å². The van der Waals surface area contributed by atoms with E-state index in [1.54, 1.807) is 42.1 Å². The minimum absolute atomic E-state index is 0. The fourth-order valence-electron chi connectivity index (χ4n) is 13.8. The number of likely N-dealkylation sites (tertiary alicyclic amines) is 1. The number of nitrogens with zero attached hydrogens (tertiary/aromatic N) is 1. The summed E-state index contributed by atoms with van der Waals surface area (Å²) >= 11 is 1.57. The van der Waals surface area contributed by atoms with Crippen LogP contribution in [-0.4, -0.2) is 121 Å². The predicted octanol–water partition coefficient (Wildman–Crippen LogP) is 17.3. The van der Waals surface area contributed by atoms with E-state index in [4.69, 9.17) is 0 Å². The van der Waals surface area contributed by atoms with Crippen LogP contribution in [0.5, 0.6) is 0 Å². The Bertz CT molecular complexity index is 4080. The summed E-state index contributed by atoms with van der Waals surface area (Å²) in [5.41, 5.74) is 4.55. The van der Waals surface area contributed by atoms with E-state index in [2.05, 4.69) is 74.2 Å². The van der Waals surface area contributed by atoms with E-state index >= 15 is 0 Å². The van der Waals surface area contributed by atoms with Crippen LogP contribution >= 0.6 is 11.8 Å². The monoisotopic (exact) mass is 1530 g/mol. The normalized spacial score (nSPS) is 17.6. The largest absolute Gasteiger partial charge is 0.416 e. The molecule has 2 aliphatic carbocycles. The molecule has 596 valence electrons. The summed E-state index contributed by atoms with van der Waals surface area (Å²) in [6, 6.07) is 31.0. The lowest BCUT2D eigenvalue weighted by Crippen LogP contribution is -2.54. The number of hydrogen-bond donors (Lipinski definition) is 7. The van der Waals surface area contributed by atoms with Crippen LogP contribution in [0, 0.1) is 37.4 Å². The summed E-state index contributed by atoms with van der Waals surface area (Å²) in [6.45, 7) is 14.9. The molecule has 0 bridgehead atoms. The van der Waals surface area contributed by atoms with Crippen molar-refractivity contribution in [1.82, 2.24) is 36.8 Å². The Balaban J connectivity index is 0.00000166. The summed E-state index contributed by atoms with van der Waals surface area (Å²) in [7, 11) is 0. The molecule has 17 nitrogen and oxygen atoms in total. The number of halogens is 7. The van der Waals surface area contributed by atoms with E-state index in [0.29, 0.717) is 53.1 Å². The van der Waals surface area contributed by atoms with Crippen molar-refractivity contribution in [3.8, 4) is 0 Å². The van der Waals surface area contributed by atoms with Crippen LogP contribution in [0.1, 0.15) is 219 Å². The zero-order chi connectivity index (χ0) is 78.8. The standard InChI is InChI=1S/C30H36F3N3O4S.C27H34FN3O3.C26H31F3N2O2.7H2/c1-18(2)14-22(37)15-20-8-11-21(30(31,32)33)16-24(20)29(40)34-17-27(38)35-25-6-4-5-7-26(25)36-28(39)19-9-12-23(41-3)13-10-19;1-18(29-27(34)30-26-15-23(19(2)32)14-24(16-26)20(3)33)10-12-31-11-4-5-22(17-31)13-21-6-8-25(28)9-7-21;1-17-10-11-19(18(2)14-17)12-13-20-6-3-4-9-23(20)31-24(32)16-30-25(33)21-7-5-8-22(15-21)26(27,28)29;;;;;;;/h8-13,16,18,25-26H,4-7,14-15,17H2,1-3H3,(H,34,40)(H,35,38)(H,36,39);6-9,14-16,18,22H,4-5,10-13,17H2,1-3H3,(H2,29,30,34);5,7-8,10-11,14-15,20,23H,3-4,6,9,12-13,16H2,1-2H3,(H,30,33)(H,31,32);7*1H/t25-,26+;18-,22-;20-,23-;;;;;;;/m000......./s1. The molecule has 7 amide bonds. The summed E-state index contributed by atoms with van der Waals surface area (Å²) in [5.74, 6) is -2.43. The number of Topliss-reactive ketones (excluding diaryl/α,β-unsaturated/α-hetero) is 3. The lowest BCUT2D eigenvalue weighted by atomic mass is 9.80. The van der Waals surface area contributed by atoms with Gasteiger partial charge in [-0.05, 0) is 237 Å². The molecule has 1 aliphatic heterocycles. The minimum Gasteiger partial charge on any atom is -0.352 e. The summed E-state index contributed by atoms with van der Waals surface area (Å²) in [4.78, 5) is 115. The number of benzene rings is 6. The smallest absolute Gasteiger partial charge is 0.352 e. The first-order chi connectivity index (χ1) is 51.2. The van der Waals surface area contributed by atoms with Gasteiger partial charge in [-0.3, -0.25) is 38.4 Å². The Morgan fingerprint density at radius 2 is 1.19 bits per heavy atom. The van der Waals surface area contributed by atoms with Crippen molar-refractivity contribution < 1.29 is 83.9 Å². The number of carbonyl (C=O) groups excluding carboxylic acids is 9. The average molecular weight is 1530 g/mol. The Kier molecular flexibility index (Phi) is 32.9. The van der Waals surface area contributed by atoms with Gasteiger partial charge in [0.15, 0.2) is 11.6 Å². The van der Waals surface area contributed by atoms with Gasteiger partial charge in [-0.1, -0.05) is 87.6 Å². The van der Waals surface area contributed by atoms with Gasteiger partial charge in [0.2, 0.25) is 11.8 Å². The maximum atomic E-state index is 13.3. The highest BCUT2D eigenvalue weighted by Gasteiger charge is 2.35. The molecule has 0 unspecified atom stereocenters. The Morgan fingerprint density at radius 3 is 1.80 bits per heavy atom. The van der Waals surface area contributed by atoms with Gasteiger partial charge in [-0.15, -0.1) is 11.8 Å². The zero-order valence-corrected chi connectivity index (χ0v) is 63.5. The number of urea groups is 1. The van der Waals surface area contributed by atoms with Gasteiger partial charge in [0.25, 0.3) is 17.7 Å². The van der Waals surface area contributed by atoms with E-state index in [1.165, 1.54) is 66.8 Å². The number of aryl methyl sites for hydroxylation is 3. The first-order valence-corrected chi connectivity index (χ1v) is 38.2. The van der Waals surface area contributed by atoms with Crippen LogP contribution in [0.4, 0.5) is 41.2 Å². The fourth-order valence-corrected chi connectivity index (χ4v) is 14.2. The van der Waals surface area contributed by atoms with Gasteiger partial charge in [0, 0.05) is 98.5 Å². The van der Waals surface area contributed by atoms with Crippen molar-refractivity contribution in [2.24, 2.45) is 17.8 Å². The number of thioether (sulfide) groups is 1. The van der Waals surface area contributed by atoms with Crippen molar-refractivity contribution in [3.05, 3.63) is 200 Å². The van der Waals surface area contributed by atoms with Gasteiger partial charge in [0.1, 0.15) is 11.6 Å². The molecular formula is C83H115F7N8O9S. The van der Waals surface area contributed by atoms with Crippen molar-refractivity contribution in [2.75, 3.05) is 44.3 Å². The third kappa shape index (κ3) is 28.4. The second kappa shape index (κ2) is 41.4. The van der Waals surface area contributed by atoms with Crippen molar-refractivity contribution in [3.63, 3.8) is 0 Å². The van der Waals surface area contributed by atoms with E-state index in [9.17, 15) is 73.9 Å². The number of nitrogens with one attached hydrogen (secondary N) is 7. The summed E-state index contributed by atoms with van der Waals surface area (Å²) in [6.07, 6.45) is 5.94. The summed E-state index contributed by atoms with van der Waals surface area (Å²) in [5, 5.41) is 19.4. The Hall–Kier alpha value is -9.23. The molecule has 25 heteroatoms. The second-order valence-corrected chi connectivity index (χ2v) is 29.8. The molecule has 0 radical (unpaired) electrons. The van der Waals surface area contributed by atoms with E-state index in [0.717, 1.165) is 119 Å². The zero-order valence-electron chi connectivity index (χ0n) is 62.7. The van der Waals surface area contributed by atoms with E-state index in [1.807, 2.05) is 51.3 Å². The molecule has 3 fully saturated rings. The molecule has 9 rings (SSSR count). The molecular weight excluding hydrogens is 1420 g/mol. The van der Waals surface area contributed by atoms with Crippen LogP contribution < -0.4 is 37.2 Å². The van der Waals surface area contributed by atoms with Gasteiger partial charge >= 0.3 is 18.4 Å². The lowest BCUT2D eigenvalue weighted by Gasteiger charge is -2.33. The van der Waals surface area contributed by atoms with Gasteiger partial charge < -0.3 is 42.1 Å². The van der Waals surface area contributed by atoms with Crippen molar-refractivity contribution >= 4 is 70.4 Å². The Morgan fingerprint density at radius 1 is 0.593 bits per heavy atom. The van der Waals surface area contributed by atoms with Crippen LogP contribution in [0.2, 0.25) is 0 Å². The van der Waals surface area contributed by atoms with Crippen LogP contribution in [-0.2, 0) is 46.0 Å².